The first-order valence-electron chi connectivity index (χ1n) is 11.4. The zero-order valence-electron chi connectivity index (χ0n) is 19.3. The summed E-state index contributed by atoms with van der Waals surface area (Å²) in [5.41, 5.74) is 3.72. The van der Waals surface area contributed by atoms with Crippen LogP contribution in [0.4, 0.5) is 5.69 Å². The predicted octanol–water partition coefficient (Wildman–Crippen LogP) is 5.22. The summed E-state index contributed by atoms with van der Waals surface area (Å²) in [4.78, 5) is 6.76. The molecule has 0 amide bonds. The van der Waals surface area contributed by atoms with Gasteiger partial charge in [-0.05, 0) is 38.1 Å². The molecular formula is C27H27N3O3S. The van der Waals surface area contributed by atoms with Gasteiger partial charge in [-0.1, -0.05) is 66.2 Å². The van der Waals surface area contributed by atoms with Gasteiger partial charge < -0.3 is 9.32 Å². The second kappa shape index (κ2) is 9.08. The minimum atomic E-state index is -3.87. The van der Waals surface area contributed by atoms with Crippen molar-refractivity contribution in [1.29, 1.82) is 0 Å². The van der Waals surface area contributed by atoms with E-state index in [1.807, 2.05) is 60.7 Å². The fraction of sp³-hybridized carbons (Fsp3) is 0.222. The summed E-state index contributed by atoms with van der Waals surface area (Å²) in [5.74, 6) is 0.567. The first kappa shape index (κ1) is 22.4. The molecule has 7 heteroatoms. The molecule has 3 aromatic carbocycles. The number of hydrogen-bond acceptors (Lipinski definition) is 5. The van der Waals surface area contributed by atoms with Crippen LogP contribution in [0.25, 0.3) is 22.8 Å². The standard InChI is InChI=1S/C27H27N3O3S/c1-20-13-15-24(16-14-20)30-18-17-29(19-21(30)2)34(31,32)27-25(22-9-5-3-6-10-22)33-26(28-27)23-11-7-4-8-12-23/h3-16,21H,17-19H2,1-2H3. The molecule has 1 saturated heterocycles. The van der Waals surface area contributed by atoms with E-state index in [0.29, 0.717) is 31.1 Å². The van der Waals surface area contributed by atoms with Crippen LogP contribution in [0.1, 0.15) is 12.5 Å². The molecule has 1 atom stereocenters. The highest BCUT2D eigenvalue weighted by molar-refractivity contribution is 7.89. The molecule has 2 heterocycles. The number of anilines is 1. The van der Waals surface area contributed by atoms with Crippen LogP contribution in [-0.2, 0) is 10.0 Å². The number of hydrogen-bond donors (Lipinski definition) is 0. The number of sulfonamides is 1. The smallest absolute Gasteiger partial charge is 0.264 e. The second-order valence-corrected chi connectivity index (χ2v) is 10.5. The third kappa shape index (κ3) is 4.24. The maximum absolute atomic E-state index is 13.8. The number of nitrogens with zero attached hydrogens (tertiary/aromatic N) is 3. The average molecular weight is 474 g/mol. The van der Waals surface area contributed by atoms with Crippen molar-refractivity contribution in [3.05, 3.63) is 90.5 Å². The van der Waals surface area contributed by atoms with Crippen LogP contribution in [0.3, 0.4) is 0 Å². The van der Waals surface area contributed by atoms with Gasteiger partial charge in [0.25, 0.3) is 10.0 Å². The van der Waals surface area contributed by atoms with Gasteiger partial charge in [-0.15, -0.1) is 0 Å². The largest absolute Gasteiger partial charge is 0.435 e. The molecule has 0 aliphatic carbocycles. The highest BCUT2D eigenvalue weighted by Gasteiger charge is 2.37. The Morgan fingerprint density at radius 3 is 2.09 bits per heavy atom. The SMILES string of the molecule is Cc1ccc(N2CCN(S(=O)(=O)c3nc(-c4ccccc4)oc3-c3ccccc3)CC2C)cc1. The molecule has 1 aliphatic heterocycles. The van der Waals surface area contributed by atoms with E-state index < -0.39 is 10.0 Å². The molecule has 0 radical (unpaired) electrons. The first-order valence-corrected chi connectivity index (χ1v) is 12.8. The van der Waals surface area contributed by atoms with Crippen molar-refractivity contribution >= 4 is 15.7 Å². The number of benzene rings is 3. The number of aryl methyl sites for hydroxylation is 1. The summed E-state index contributed by atoms with van der Waals surface area (Å²) in [6, 6.07) is 27.0. The Hall–Kier alpha value is -3.42. The molecule has 1 aliphatic rings. The highest BCUT2D eigenvalue weighted by atomic mass is 32.2. The number of piperazine rings is 1. The van der Waals surface area contributed by atoms with Crippen LogP contribution < -0.4 is 4.90 Å². The summed E-state index contributed by atoms with van der Waals surface area (Å²) in [6.45, 7) is 5.47. The van der Waals surface area contributed by atoms with Gasteiger partial charge in [0.2, 0.25) is 10.9 Å². The van der Waals surface area contributed by atoms with Crippen molar-refractivity contribution in [2.24, 2.45) is 0 Å². The van der Waals surface area contributed by atoms with Crippen molar-refractivity contribution in [1.82, 2.24) is 9.29 Å². The van der Waals surface area contributed by atoms with E-state index in [4.69, 9.17) is 4.42 Å². The normalized spacial score (nSPS) is 17.1. The van der Waals surface area contributed by atoms with E-state index in [-0.39, 0.29) is 16.8 Å². The van der Waals surface area contributed by atoms with Crippen molar-refractivity contribution in [2.45, 2.75) is 24.9 Å². The van der Waals surface area contributed by atoms with Crippen LogP contribution in [-0.4, -0.2) is 43.4 Å². The Kier molecular flexibility index (Phi) is 5.98. The molecule has 174 valence electrons. The van der Waals surface area contributed by atoms with Crippen molar-refractivity contribution in [2.75, 3.05) is 24.5 Å². The number of oxazole rings is 1. The van der Waals surface area contributed by atoms with E-state index in [1.165, 1.54) is 9.87 Å². The molecule has 1 fully saturated rings. The van der Waals surface area contributed by atoms with Crippen LogP contribution in [0, 0.1) is 6.92 Å². The molecule has 0 spiro atoms. The van der Waals surface area contributed by atoms with Gasteiger partial charge in [0.05, 0.1) is 0 Å². The Balaban J connectivity index is 1.49. The summed E-state index contributed by atoms with van der Waals surface area (Å²) in [7, 11) is -3.87. The van der Waals surface area contributed by atoms with Gasteiger partial charge in [0, 0.05) is 42.5 Å². The Morgan fingerprint density at radius 1 is 0.853 bits per heavy atom. The molecule has 6 nitrogen and oxygen atoms in total. The fourth-order valence-corrected chi connectivity index (χ4v) is 5.91. The minimum absolute atomic E-state index is 0.0203. The second-order valence-electron chi connectivity index (χ2n) is 8.63. The van der Waals surface area contributed by atoms with E-state index in [1.54, 1.807) is 0 Å². The lowest BCUT2D eigenvalue weighted by Gasteiger charge is -2.40. The van der Waals surface area contributed by atoms with Crippen molar-refractivity contribution < 1.29 is 12.8 Å². The topological polar surface area (TPSA) is 66.7 Å². The summed E-state index contributed by atoms with van der Waals surface area (Å²) in [6.07, 6.45) is 0. The molecule has 1 unspecified atom stereocenters. The predicted molar refractivity (Wildman–Crippen MR) is 134 cm³/mol. The molecule has 1 aromatic heterocycles. The van der Waals surface area contributed by atoms with Gasteiger partial charge in [0.15, 0.2) is 5.76 Å². The minimum Gasteiger partial charge on any atom is -0.435 e. The third-order valence-corrected chi connectivity index (χ3v) is 7.97. The van der Waals surface area contributed by atoms with E-state index in [0.717, 1.165) is 11.3 Å². The van der Waals surface area contributed by atoms with Gasteiger partial charge >= 0.3 is 0 Å². The number of rotatable bonds is 5. The van der Waals surface area contributed by atoms with E-state index in [2.05, 4.69) is 48.0 Å². The Labute approximate surface area is 200 Å². The Bertz CT molecular complexity index is 1370. The average Bonchev–Trinajstić information content (AvgIpc) is 3.32. The summed E-state index contributed by atoms with van der Waals surface area (Å²) in [5, 5.41) is -0.0338. The molecule has 0 saturated carbocycles. The van der Waals surface area contributed by atoms with Crippen LogP contribution >= 0.6 is 0 Å². The fourth-order valence-electron chi connectivity index (χ4n) is 4.34. The molecule has 4 aromatic rings. The maximum atomic E-state index is 13.8. The van der Waals surface area contributed by atoms with Gasteiger partial charge in [-0.3, -0.25) is 0 Å². The zero-order valence-corrected chi connectivity index (χ0v) is 20.1. The summed E-state index contributed by atoms with van der Waals surface area (Å²) >= 11 is 0. The van der Waals surface area contributed by atoms with Gasteiger partial charge in [0.1, 0.15) is 0 Å². The zero-order chi connectivity index (χ0) is 23.7. The molecular weight excluding hydrogens is 446 g/mol. The number of aromatic nitrogens is 1. The molecule has 5 rings (SSSR count). The van der Waals surface area contributed by atoms with Crippen LogP contribution in [0.15, 0.2) is 94.4 Å². The molecule has 0 N–H and O–H groups in total. The van der Waals surface area contributed by atoms with Crippen molar-refractivity contribution in [3.8, 4) is 22.8 Å². The summed E-state index contributed by atoms with van der Waals surface area (Å²) < 4.78 is 35.3. The highest BCUT2D eigenvalue weighted by Crippen LogP contribution is 2.35. The van der Waals surface area contributed by atoms with Crippen LogP contribution in [0.5, 0.6) is 0 Å². The van der Waals surface area contributed by atoms with E-state index >= 15 is 0 Å². The first-order chi connectivity index (χ1) is 16.4. The van der Waals surface area contributed by atoms with E-state index in [9.17, 15) is 8.42 Å². The lowest BCUT2D eigenvalue weighted by atomic mass is 10.1. The third-order valence-electron chi connectivity index (χ3n) is 6.19. The monoisotopic (exact) mass is 473 g/mol. The lowest BCUT2D eigenvalue weighted by Crippen LogP contribution is -2.53. The van der Waals surface area contributed by atoms with Crippen molar-refractivity contribution in [3.63, 3.8) is 0 Å². The molecule has 0 bridgehead atoms. The molecule has 34 heavy (non-hydrogen) atoms. The maximum Gasteiger partial charge on any atom is 0.264 e. The Morgan fingerprint density at radius 2 is 1.47 bits per heavy atom. The van der Waals surface area contributed by atoms with Gasteiger partial charge in [-0.25, -0.2) is 8.42 Å². The van der Waals surface area contributed by atoms with Crippen LogP contribution in [0.2, 0.25) is 0 Å². The lowest BCUT2D eigenvalue weighted by molar-refractivity contribution is 0.341. The van der Waals surface area contributed by atoms with Gasteiger partial charge in [-0.2, -0.15) is 9.29 Å². The quantitative estimate of drug-likeness (QED) is 0.398.